The summed E-state index contributed by atoms with van der Waals surface area (Å²) >= 11 is 0. The molecule has 1 heterocycles. The van der Waals surface area contributed by atoms with Crippen LogP contribution in [0.15, 0.2) is 47.0 Å². The molecule has 2 amide bonds. The number of carbonyl (C=O) groups excluding carboxylic acids is 1. The van der Waals surface area contributed by atoms with E-state index in [1.807, 2.05) is 39.0 Å². The van der Waals surface area contributed by atoms with Gasteiger partial charge in [-0.25, -0.2) is 4.79 Å². The third-order valence-corrected chi connectivity index (χ3v) is 4.71. The van der Waals surface area contributed by atoms with Gasteiger partial charge in [0, 0.05) is 29.2 Å². The van der Waals surface area contributed by atoms with Gasteiger partial charge < -0.3 is 30.3 Å². The standard InChI is InChI=1S/C24H32N4O4/c1-5-9-19-18-12-20(27-23(30)26-16-10-7-6-8-11-16)22(13-21(18)32-28-19)31-15-17(29)14-25-24(2,3)4/h6-8,10-13,17,25,29H,5,9,14-15H2,1-4H3,(H2,26,27,30). The molecule has 1 aromatic heterocycles. The highest BCUT2D eigenvalue weighted by Gasteiger charge is 2.18. The molecule has 8 heteroatoms. The molecule has 0 saturated carbocycles. The van der Waals surface area contributed by atoms with E-state index in [0.29, 0.717) is 29.3 Å². The molecule has 3 rings (SSSR count). The van der Waals surface area contributed by atoms with Crippen LogP contribution in [0.5, 0.6) is 5.75 Å². The van der Waals surface area contributed by atoms with Gasteiger partial charge >= 0.3 is 6.03 Å². The molecule has 0 saturated heterocycles. The second-order valence-corrected chi connectivity index (χ2v) is 8.76. The van der Waals surface area contributed by atoms with Gasteiger partial charge in [0.15, 0.2) is 5.58 Å². The normalized spacial score (nSPS) is 12.5. The van der Waals surface area contributed by atoms with E-state index in [2.05, 4.69) is 28.0 Å². The van der Waals surface area contributed by atoms with Gasteiger partial charge in [0.05, 0.1) is 11.4 Å². The molecule has 1 unspecified atom stereocenters. The van der Waals surface area contributed by atoms with Crippen molar-refractivity contribution in [3.8, 4) is 5.75 Å². The summed E-state index contributed by atoms with van der Waals surface area (Å²) in [6, 6.07) is 12.3. The number of hydrogen-bond acceptors (Lipinski definition) is 6. The number of anilines is 2. The molecule has 32 heavy (non-hydrogen) atoms. The van der Waals surface area contributed by atoms with E-state index in [1.54, 1.807) is 24.3 Å². The monoisotopic (exact) mass is 440 g/mol. The van der Waals surface area contributed by atoms with Crippen molar-refractivity contribution in [2.24, 2.45) is 0 Å². The Kier molecular flexibility index (Phi) is 7.71. The molecule has 2 aromatic carbocycles. The lowest BCUT2D eigenvalue weighted by Crippen LogP contribution is -2.42. The van der Waals surface area contributed by atoms with Gasteiger partial charge in [-0.3, -0.25) is 0 Å². The van der Waals surface area contributed by atoms with Crippen molar-refractivity contribution in [3.63, 3.8) is 0 Å². The Hall–Kier alpha value is -3.10. The fraction of sp³-hybridized carbons (Fsp3) is 0.417. The zero-order valence-corrected chi connectivity index (χ0v) is 19.1. The zero-order chi connectivity index (χ0) is 23.1. The quantitative estimate of drug-likeness (QED) is 0.389. The number of aliphatic hydroxyl groups is 1. The van der Waals surface area contributed by atoms with Crippen molar-refractivity contribution in [3.05, 3.63) is 48.2 Å². The molecule has 0 aliphatic carbocycles. The lowest BCUT2D eigenvalue weighted by molar-refractivity contribution is 0.100. The molecule has 4 N–H and O–H groups in total. The Labute approximate surface area is 188 Å². The average Bonchev–Trinajstić information content (AvgIpc) is 3.12. The first-order valence-electron chi connectivity index (χ1n) is 10.9. The van der Waals surface area contributed by atoms with Crippen LogP contribution in [0.4, 0.5) is 16.2 Å². The van der Waals surface area contributed by atoms with Crippen molar-refractivity contribution in [2.75, 3.05) is 23.8 Å². The van der Waals surface area contributed by atoms with E-state index in [1.165, 1.54) is 0 Å². The summed E-state index contributed by atoms with van der Waals surface area (Å²) in [7, 11) is 0. The highest BCUT2D eigenvalue weighted by molar-refractivity contribution is 6.02. The predicted molar refractivity (Wildman–Crippen MR) is 126 cm³/mol. The Morgan fingerprint density at radius 3 is 2.62 bits per heavy atom. The highest BCUT2D eigenvalue weighted by atomic mass is 16.5. The van der Waals surface area contributed by atoms with Gasteiger partial charge in [-0.05, 0) is 45.4 Å². The number of aliphatic hydroxyl groups excluding tert-OH is 1. The fourth-order valence-corrected chi connectivity index (χ4v) is 3.12. The number of carbonyl (C=O) groups is 1. The molecule has 0 aliphatic rings. The number of urea groups is 1. The minimum absolute atomic E-state index is 0.0551. The minimum Gasteiger partial charge on any atom is -0.489 e. The molecule has 0 spiro atoms. The molecule has 0 aliphatic heterocycles. The van der Waals surface area contributed by atoms with Crippen LogP contribution in [0.2, 0.25) is 0 Å². The van der Waals surface area contributed by atoms with Crippen LogP contribution in [-0.2, 0) is 6.42 Å². The van der Waals surface area contributed by atoms with Crippen LogP contribution < -0.4 is 20.7 Å². The highest BCUT2D eigenvalue weighted by Crippen LogP contribution is 2.33. The number of β-amino-alcohol motifs (C(OH)–C–C–N with tert-alkyl or cyclic N) is 1. The van der Waals surface area contributed by atoms with Crippen LogP contribution in [0, 0.1) is 0 Å². The van der Waals surface area contributed by atoms with Gasteiger partial charge in [-0.1, -0.05) is 36.7 Å². The lowest BCUT2D eigenvalue weighted by atomic mass is 10.1. The topological polar surface area (TPSA) is 109 Å². The maximum Gasteiger partial charge on any atom is 0.323 e. The van der Waals surface area contributed by atoms with Gasteiger partial charge in [-0.2, -0.15) is 0 Å². The first-order chi connectivity index (χ1) is 15.2. The third kappa shape index (κ3) is 6.70. The summed E-state index contributed by atoms with van der Waals surface area (Å²) in [6.07, 6.45) is 0.964. The smallest absolute Gasteiger partial charge is 0.323 e. The Bertz CT molecular complexity index is 1030. The molecular weight excluding hydrogens is 408 g/mol. The first kappa shape index (κ1) is 23.6. The molecule has 0 radical (unpaired) electrons. The summed E-state index contributed by atoms with van der Waals surface area (Å²) in [5, 5.41) is 24.2. The number of rotatable bonds is 9. The largest absolute Gasteiger partial charge is 0.489 e. The summed E-state index contributed by atoms with van der Waals surface area (Å²) < 4.78 is 11.3. The molecule has 0 fully saturated rings. The van der Waals surface area contributed by atoms with Crippen molar-refractivity contribution >= 4 is 28.4 Å². The van der Waals surface area contributed by atoms with Gasteiger partial charge in [-0.15, -0.1) is 0 Å². The summed E-state index contributed by atoms with van der Waals surface area (Å²) in [6.45, 7) is 8.59. The Balaban J connectivity index is 1.79. The van der Waals surface area contributed by atoms with Gasteiger partial charge in [0.2, 0.25) is 0 Å². The second-order valence-electron chi connectivity index (χ2n) is 8.76. The number of benzene rings is 2. The lowest BCUT2D eigenvalue weighted by Gasteiger charge is -2.23. The van der Waals surface area contributed by atoms with Crippen molar-refractivity contribution in [1.82, 2.24) is 10.5 Å². The number of aryl methyl sites for hydroxylation is 1. The van der Waals surface area contributed by atoms with E-state index >= 15 is 0 Å². The maximum atomic E-state index is 12.6. The minimum atomic E-state index is -0.721. The first-order valence-corrected chi connectivity index (χ1v) is 10.9. The second kappa shape index (κ2) is 10.5. The molecule has 172 valence electrons. The van der Waals surface area contributed by atoms with E-state index < -0.39 is 12.1 Å². The molecule has 0 bridgehead atoms. The predicted octanol–water partition coefficient (Wildman–Crippen LogP) is 4.55. The van der Waals surface area contributed by atoms with Gasteiger partial charge in [0.1, 0.15) is 18.5 Å². The average molecular weight is 441 g/mol. The Morgan fingerprint density at radius 1 is 1.19 bits per heavy atom. The number of ether oxygens (including phenoxy) is 1. The summed E-state index contributed by atoms with van der Waals surface area (Å²) in [5.41, 5.74) is 2.43. The number of para-hydroxylation sites is 1. The van der Waals surface area contributed by atoms with Crippen molar-refractivity contribution < 1.29 is 19.2 Å². The number of nitrogens with zero attached hydrogens (tertiary/aromatic N) is 1. The van der Waals surface area contributed by atoms with Crippen molar-refractivity contribution in [2.45, 2.75) is 52.2 Å². The number of aromatic nitrogens is 1. The molecule has 3 aromatic rings. The third-order valence-electron chi connectivity index (χ3n) is 4.71. The Morgan fingerprint density at radius 2 is 1.94 bits per heavy atom. The van der Waals surface area contributed by atoms with Crippen molar-refractivity contribution in [1.29, 1.82) is 0 Å². The van der Waals surface area contributed by atoms with Crippen LogP contribution in [0.3, 0.4) is 0 Å². The van der Waals surface area contributed by atoms with Crippen LogP contribution >= 0.6 is 0 Å². The number of nitrogens with one attached hydrogen (secondary N) is 3. The van der Waals surface area contributed by atoms with E-state index in [0.717, 1.165) is 23.9 Å². The fourth-order valence-electron chi connectivity index (χ4n) is 3.12. The van der Waals surface area contributed by atoms with E-state index in [9.17, 15) is 9.90 Å². The summed E-state index contributed by atoms with van der Waals surface area (Å²) in [5.74, 6) is 0.398. The molecule has 8 nitrogen and oxygen atoms in total. The van der Waals surface area contributed by atoms with Gasteiger partial charge in [0.25, 0.3) is 0 Å². The zero-order valence-electron chi connectivity index (χ0n) is 19.1. The number of hydrogen-bond donors (Lipinski definition) is 4. The number of amides is 2. The van der Waals surface area contributed by atoms with E-state index in [-0.39, 0.29) is 12.1 Å². The number of fused-ring (bicyclic) bond motifs is 1. The molecule has 1 atom stereocenters. The molecular formula is C24H32N4O4. The SMILES string of the molecule is CCCc1noc2cc(OCC(O)CNC(C)(C)C)c(NC(=O)Nc3ccccc3)cc12. The summed E-state index contributed by atoms with van der Waals surface area (Å²) in [4.78, 5) is 12.6. The van der Waals surface area contributed by atoms with Crippen LogP contribution in [-0.4, -0.2) is 41.1 Å². The van der Waals surface area contributed by atoms with Crippen LogP contribution in [0.25, 0.3) is 11.0 Å². The maximum absolute atomic E-state index is 12.6. The van der Waals surface area contributed by atoms with Crippen LogP contribution in [0.1, 0.15) is 39.8 Å². The van der Waals surface area contributed by atoms with E-state index in [4.69, 9.17) is 9.26 Å².